The third-order valence-electron chi connectivity index (χ3n) is 5.04. The normalized spacial score (nSPS) is 16.6. The van der Waals surface area contributed by atoms with Crippen LogP contribution in [0.1, 0.15) is 30.5 Å². The van der Waals surface area contributed by atoms with E-state index in [2.05, 4.69) is 0 Å². The molecule has 0 radical (unpaired) electrons. The van der Waals surface area contributed by atoms with Gasteiger partial charge in [-0.05, 0) is 37.3 Å². The molecule has 0 saturated heterocycles. The summed E-state index contributed by atoms with van der Waals surface area (Å²) in [6.45, 7) is 1.31. The number of benzene rings is 2. The van der Waals surface area contributed by atoms with Crippen molar-refractivity contribution >= 4 is 23.3 Å². The predicted molar refractivity (Wildman–Crippen MR) is 109 cm³/mol. The summed E-state index contributed by atoms with van der Waals surface area (Å²) in [6, 6.07) is 7.68. The number of hydrogen-bond donors (Lipinski definition) is 1. The van der Waals surface area contributed by atoms with Gasteiger partial charge in [0.2, 0.25) is 5.91 Å². The van der Waals surface area contributed by atoms with Crippen molar-refractivity contribution in [3.05, 3.63) is 69.7 Å². The van der Waals surface area contributed by atoms with Gasteiger partial charge in [-0.15, -0.1) is 0 Å². The molecule has 2 aromatic carbocycles. The lowest BCUT2D eigenvalue weighted by Crippen LogP contribution is -2.40. The highest BCUT2D eigenvalue weighted by Crippen LogP contribution is 2.40. The number of halogens is 2. The first-order chi connectivity index (χ1) is 14.3. The van der Waals surface area contributed by atoms with Crippen LogP contribution in [0.2, 0.25) is 5.02 Å². The highest BCUT2D eigenvalue weighted by Gasteiger charge is 2.38. The number of carbonyl (C=O) groups is 2. The Hall–Kier alpha value is -3.06. The zero-order chi connectivity index (χ0) is 22.0. The van der Waals surface area contributed by atoms with E-state index in [0.29, 0.717) is 17.1 Å². The van der Waals surface area contributed by atoms with Gasteiger partial charge in [0.1, 0.15) is 29.1 Å². The molecule has 0 spiro atoms. The molecule has 1 unspecified atom stereocenters. The smallest absolute Gasteiger partial charge is 0.228 e. The van der Waals surface area contributed by atoms with Crippen molar-refractivity contribution in [1.82, 2.24) is 4.90 Å². The highest BCUT2D eigenvalue weighted by atomic mass is 35.5. The van der Waals surface area contributed by atoms with Crippen LogP contribution in [0.25, 0.3) is 0 Å². The topological polar surface area (TPSA) is 76.1 Å². The average molecular weight is 434 g/mol. The lowest BCUT2D eigenvalue weighted by molar-refractivity contribution is -0.136. The van der Waals surface area contributed by atoms with Crippen LogP contribution in [-0.2, 0) is 16.1 Å². The van der Waals surface area contributed by atoms with Crippen molar-refractivity contribution in [2.75, 3.05) is 14.2 Å². The third kappa shape index (κ3) is 4.11. The van der Waals surface area contributed by atoms with Crippen molar-refractivity contribution in [2.45, 2.75) is 25.9 Å². The van der Waals surface area contributed by atoms with Crippen LogP contribution in [0.5, 0.6) is 11.5 Å². The zero-order valence-corrected chi connectivity index (χ0v) is 17.5. The molecule has 6 nitrogen and oxygen atoms in total. The number of nitrogens with zero attached hydrogens (tertiary/aromatic N) is 1. The fraction of sp³-hybridized carbons (Fsp3) is 0.273. The number of methoxy groups -OCH3 is 2. The van der Waals surface area contributed by atoms with E-state index in [1.54, 1.807) is 18.2 Å². The molecule has 8 heteroatoms. The van der Waals surface area contributed by atoms with Gasteiger partial charge in [0.15, 0.2) is 5.78 Å². The molecule has 1 aliphatic heterocycles. The van der Waals surface area contributed by atoms with Gasteiger partial charge < -0.3 is 19.5 Å². The lowest BCUT2D eigenvalue weighted by atomic mass is 9.91. The van der Waals surface area contributed by atoms with Crippen LogP contribution in [0.3, 0.4) is 0 Å². The maximum Gasteiger partial charge on any atom is 0.228 e. The summed E-state index contributed by atoms with van der Waals surface area (Å²) in [5.41, 5.74) is 0.819. The van der Waals surface area contributed by atoms with Crippen molar-refractivity contribution in [2.24, 2.45) is 0 Å². The monoisotopic (exact) mass is 433 g/mol. The minimum absolute atomic E-state index is 0.0109. The summed E-state index contributed by atoms with van der Waals surface area (Å²) in [5, 5.41) is 11.0. The molecular formula is C22H21ClFNO5. The molecule has 0 aliphatic carbocycles. The molecule has 158 valence electrons. The minimum Gasteiger partial charge on any atom is -0.509 e. The molecule has 2 aromatic rings. The number of aliphatic hydroxyl groups excluding tert-OH is 1. The quantitative estimate of drug-likeness (QED) is 0.732. The van der Waals surface area contributed by atoms with Crippen LogP contribution in [0, 0.1) is 5.82 Å². The summed E-state index contributed by atoms with van der Waals surface area (Å²) in [5.74, 6) is -0.672. The molecule has 1 aliphatic rings. The second-order valence-electron chi connectivity index (χ2n) is 6.86. The molecule has 3 rings (SSSR count). The van der Waals surface area contributed by atoms with Crippen LogP contribution in [-0.4, -0.2) is 35.9 Å². The van der Waals surface area contributed by atoms with Gasteiger partial charge in [-0.2, -0.15) is 0 Å². The Bertz CT molecular complexity index is 1040. The third-order valence-corrected chi connectivity index (χ3v) is 5.38. The number of Topliss-reactive ketones (excluding diaryl/α,β-unsaturated/α-hetero) is 1. The van der Waals surface area contributed by atoms with Gasteiger partial charge >= 0.3 is 0 Å². The molecule has 1 amide bonds. The Balaban J connectivity index is 2.13. The molecule has 30 heavy (non-hydrogen) atoms. The van der Waals surface area contributed by atoms with Crippen molar-refractivity contribution in [3.63, 3.8) is 0 Å². The standard InChI is InChI=1S/C22H21ClFNO5/c1-12(26)16-10-20(27)25(11-13-4-6-15(29-2)9-19(13)30-3)21(22(16)28)17-8-14(24)5-7-18(17)23/h4-9,21,28H,10-11H2,1-3H3. The van der Waals surface area contributed by atoms with Crippen molar-refractivity contribution in [1.29, 1.82) is 0 Å². The lowest BCUT2D eigenvalue weighted by Gasteiger charge is -2.37. The molecule has 0 aromatic heterocycles. The minimum atomic E-state index is -1.11. The molecule has 0 fully saturated rings. The molecule has 0 bridgehead atoms. The van der Waals surface area contributed by atoms with Crippen LogP contribution in [0.15, 0.2) is 47.7 Å². The Morgan fingerprint density at radius 3 is 2.60 bits per heavy atom. The largest absolute Gasteiger partial charge is 0.509 e. The number of rotatable bonds is 6. The average Bonchev–Trinajstić information content (AvgIpc) is 2.72. The summed E-state index contributed by atoms with van der Waals surface area (Å²) >= 11 is 6.27. The van der Waals surface area contributed by atoms with Crippen LogP contribution in [0.4, 0.5) is 4.39 Å². The fourth-order valence-electron chi connectivity index (χ4n) is 3.49. The predicted octanol–water partition coefficient (Wildman–Crippen LogP) is 4.37. The second kappa shape index (κ2) is 8.75. The van der Waals surface area contributed by atoms with E-state index in [-0.39, 0.29) is 34.9 Å². The van der Waals surface area contributed by atoms with E-state index in [1.807, 2.05) is 0 Å². The van der Waals surface area contributed by atoms with E-state index in [9.17, 15) is 19.1 Å². The molecular weight excluding hydrogens is 413 g/mol. The molecule has 1 heterocycles. The first-order valence-corrected chi connectivity index (χ1v) is 9.52. The van der Waals surface area contributed by atoms with Gasteiger partial charge in [-0.25, -0.2) is 4.39 Å². The first kappa shape index (κ1) is 21.6. The summed E-state index contributed by atoms with van der Waals surface area (Å²) in [7, 11) is 3.01. The van der Waals surface area contributed by atoms with Crippen LogP contribution >= 0.6 is 11.6 Å². The highest BCUT2D eigenvalue weighted by molar-refractivity contribution is 6.31. The second-order valence-corrected chi connectivity index (χ2v) is 7.27. The van der Waals surface area contributed by atoms with E-state index in [1.165, 1.54) is 38.2 Å². The first-order valence-electron chi connectivity index (χ1n) is 9.15. The zero-order valence-electron chi connectivity index (χ0n) is 16.7. The number of amides is 1. The number of ketones is 1. The fourth-order valence-corrected chi connectivity index (χ4v) is 3.71. The molecule has 1 atom stereocenters. The Morgan fingerprint density at radius 1 is 1.23 bits per heavy atom. The Kier molecular flexibility index (Phi) is 6.31. The van der Waals surface area contributed by atoms with E-state index < -0.39 is 23.5 Å². The Labute approximate surface area is 178 Å². The molecule has 0 saturated carbocycles. The van der Waals surface area contributed by atoms with Gasteiger partial charge in [-0.1, -0.05) is 11.6 Å². The van der Waals surface area contributed by atoms with E-state index in [4.69, 9.17) is 21.1 Å². The number of hydrogen-bond acceptors (Lipinski definition) is 5. The summed E-state index contributed by atoms with van der Waals surface area (Å²) in [4.78, 5) is 26.3. The van der Waals surface area contributed by atoms with Crippen LogP contribution < -0.4 is 9.47 Å². The number of ether oxygens (including phenoxy) is 2. The summed E-state index contributed by atoms with van der Waals surface area (Å²) < 4.78 is 24.6. The maximum absolute atomic E-state index is 14.0. The van der Waals surface area contributed by atoms with E-state index >= 15 is 0 Å². The summed E-state index contributed by atoms with van der Waals surface area (Å²) in [6.07, 6.45) is -0.261. The van der Waals surface area contributed by atoms with Gasteiger partial charge in [0.25, 0.3) is 0 Å². The van der Waals surface area contributed by atoms with Crippen molar-refractivity contribution in [3.8, 4) is 11.5 Å². The maximum atomic E-state index is 14.0. The molecule has 1 N–H and O–H groups in total. The van der Waals surface area contributed by atoms with Gasteiger partial charge in [0.05, 0.1) is 27.2 Å². The van der Waals surface area contributed by atoms with Crippen molar-refractivity contribution < 1.29 is 28.6 Å². The van der Waals surface area contributed by atoms with Gasteiger partial charge in [-0.3, -0.25) is 9.59 Å². The van der Waals surface area contributed by atoms with E-state index in [0.717, 1.165) is 6.07 Å². The number of aliphatic hydroxyl groups is 1. The number of carbonyl (C=O) groups excluding carboxylic acids is 2. The SMILES string of the molecule is COc1ccc(CN2C(=O)CC(C(C)=O)=C(O)C2c2cc(F)ccc2Cl)c(OC)c1. The van der Waals surface area contributed by atoms with Gasteiger partial charge in [0, 0.05) is 27.8 Å². The Morgan fingerprint density at radius 2 is 1.97 bits per heavy atom.